The molecular formula is C24H25NO6S. The highest BCUT2D eigenvalue weighted by molar-refractivity contribution is 7.85. The van der Waals surface area contributed by atoms with E-state index in [0.717, 1.165) is 11.3 Å². The number of hydrogen-bond donors (Lipinski definition) is 1. The Hall–Kier alpha value is -3.10. The molecule has 0 aromatic heterocycles. The van der Waals surface area contributed by atoms with Gasteiger partial charge in [-0.15, -0.1) is 0 Å². The van der Waals surface area contributed by atoms with E-state index in [4.69, 9.17) is 9.47 Å². The summed E-state index contributed by atoms with van der Waals surface area (Å²) in [4.78, 5) is 13.7. The van der Waals surface area contributed by atoms with E-state index < -0.39 is 27.2 Å². The Kier molecular flexibility index (Phi) is 5.18. The Morgan fingerprint density at radius 1 is 1.22 bits per heavy atom. The molecule has 1 atom stereocenters. The molecule has 0 amide bonds. The number of rotatable bonds is 5. The monoisotopic (exact) mass is 455 g/mol. The fourth-order valence-electron chi connectivity index (χ4n) is 4.38. The van der Waals surface area contributed by atoms with Gasteiger partial charge in [0, 0.05) is 16.8 Å². The SMILES string of the molecule is C=C(C)C(=O)OCCN1c2ccccc2C(C)(C)[C@]12C=Cc1cc(S(=O)(=O)O)ccc1O2. The molecule has 2 aliphatic rings. The summed E-state index contributed by atoms with van der Waals surface area (Å²) in [5.74, 6) is 0.0405. The Morgan fingerprint density at radius 3 is 2.62 bits per heavy atom. The molecule has 0 unspecified atom stereocenters. The molecule has 0 saturated carbocycles. The van der Waals surface area contributed by atoms with Gasteiger partial charge in [0.1, 0.15) is 12.4 Å². The summed E-state index contributed by atoms with van der Waals surface area (Å²) in [7, 11) is -4.32. The van der Waals surface area contributed by atoms with Gasteiger partial charge < -0.3 is 14.4 Å². The second-order valence-electron chi connectivity index (χ2n) is 8.52. The summed E-state index contributed by atoms with van der Waals surface area (Å²) in [5, 5.41) is 0. The summed E-state index contributed by atoms with van der Waals surface area (Å²) in [6.45, 7) is 9.89. The van der Waals surface area contributed by atoms with E-state index in [1.807, 2.05) is 30.3 Å². The van der Waals surface area contributed by atoms with Crippen LogP contribution in [-0.4, -0.2) is 37.8 Å². The first-order chi connectivity index (χ1) is 15.0. The third kappa shape index (κ3) is 3.40. The van der Waals surface area contributed by atoms with Crippen molar-refractivity contribution in [3.63, 3.8) is 0 Å². The minimum atomic E-state index is -4.32. The van der Waals surface area contributed by atoms with Crippen LogP contribution in [0.4, 0.5) is 5.69 Å². The smallest absolute Gasteiger partial charge is 0.333 e. The van der Waals surface area contributed by atoms with Gasteiger partial charge in [-0.1, -0.05) is 24.8 Å². The minimum absolute atomic E-state index is 0.142. The number of benzene rings is 2. The molecule has 2 aromatic carbocycles. The lowest BCUT2D eigenvalue weighted by Crippen LogP contribution is -2.60. The van der Waals surface area contributed by atoms with Crippen molar-refractivity contribution < 1.29 is 27.2 Å². The van der Waals surface area contributed by atoms with Crippen LogP contribution in [0.3, 0.4) is 0 Å². The maximum atomic E-state index is 11.9. The van der Waals surface area contributed by atoms with Crippen LogP contribution in [0.5, 0.6) is 5.75 Å². The number of fused-ring (bicyclic) bond motifs is 2. The molecule has 8 heteroatoms. The quantitative estimate of drug-likeness (QED) is 0.414. The molecule has 4 rings (SSSR count). The van der Waals surface area contributed by atoms with E-state index in [0.29, 0.717) is 23.4 Å². The van der Waals surface area contributed by atoms with Crippen molar-refractivity contribution in [1.82, 2.24) is 0 Å². The Bertz CT molecular complexity index is 1250. The van der Waals surface area contributed by atoms with Gasteiger partial charge in [-0.05, 0) is 62.8 Å². The van der Waals surface area contributed by atoms with Crippen molar-refractivity contribution in [2.75, 3.05) is 18.1 Å². The van der Waals surface area contributed by atoms with Crippen molar-refractivity contribution in [3.05, 3.63) is 71.8 Å². The first-order valence-electron chi connectivity index (χ1n) is 10.2. The molecule has 0 radical (unpaired) electrons. The van der Waals surface area contributed by atoms with Crippen molar-refractivity contribution in [2.45, 2.75) is 36.8 Å². The number of para-hydroxylation sites is 1. The molecule has 2 aromatic rings. The highest BCUT2D eigenvalue weighted by Gasteiger charge is 2.58. The van der Waals surface area contributed by atoms with Crippen molar-refractivity contribution in [1.29, 1.82) is 0 Å². The van der Waals surface area contributed by atoms with Crippen LogP contribution in [0.25, 0.3) is 6.08 Å². The topological polar surface area (TPSA) is 93.1 Å². The standard InChI is InChI=1S/C24H25NO6S/c1-16(2)22(26)30-14-13-25-20-8-6-5-7-19(20)23(3,4)24(25)12-11-17-15-18(32(27,28)29)9-10-21(17)31-24/h5-12,15H,1,13-14H2,2-4H3,(H,27,28,29)/t24-/m1/s1. The third-order valence-corrected chi connectivity index (χ3v) is 6.94. The van der Waals surface area contributed by atoms with Crippen molar-refractivity contribution >= 4 is 27.9 Å². The largest absolute Gasteiger partial charge is 0.463 e. The molecule has 2 heterocycles. The second-order valence-corrected chi connectivity index (χ2v) is 9.94. The van der Waals surface area contributed by atoms with Gasteiger partial charge >= 0.3 is 5.97 Å². The van der Waals surface area contributed by atoms with Gasteiger partial charge in [0.05, 0.1) is 16.9 Å². The fraction of sp³-hybridized carbons (Fsp3) is 0.292. The zero-order chi connectivity index (χ0) is 23.3. The predicted molar refractivity (Wildman–Crippen MR) is 121 cm³/mol. The van der Waals surface area contributed by atoms with Gasteiger partial charge in [-0.25, -0.2) is 4.79 Å². The van der Waals surface area contributed by atoms with Gasteiger partial charge in [0.15, 0.2) is 0 Å². The molecule has 2 aliphatic heterocycles. The van der Waals surface area contributed by atoms with Crippen LogP contribution in [0.15, 0.2) is 65.6 Å². The summed E-state index contributed by atoms with van der Waals surface area (Å²) < 4.78 is 44.3. The number of esters is 1. The van der Waals surface area contributed by atoms with Crippen LogP contribution >= 0.6 is 0 Å². The highest BCUT2D eigenvalue weighted by Crippen LogP contribution is 2.54. The van der Waals surface area contributed by atoms with Gasteiger partial charge in [-0.2, -0.15) is 8.42 Å². The van der Waals surface area contributed by atoms with E-state index in [1.54, 1.807) is 19.1 Å². The second kappa shape index (κ2) is 7.50. The molecular weight excluding hydrogens is 430 g/mol. The normalized spacial score (nSPS) is 20.4. The number of carbonyl (C=O) groups is 1. The van der Waals surface area contributed by atoms with Crippen LogP contribution < -0.4 is 9.64 Å². The molecule has 0 saturated heterocycles. The van der Waals surface area contributed by atoms with Crippen molar-refractivity contribution in [2.24, 2.45) is 0 Å². The summed E-state index contributed by atoms with van der Waals surface area (Å²) in [6.07, 6.45) is 3.69. The van der Waals surface area contributed by atoms with Crippen LogP contribution in [-0.2, 0) is 25.1 Å². The van der Waals surface area contributed by atoms with Gasteiger partial charge in [0.2, 0.25) is 5.72 Å². The van der Waals surface area contributed by atoms with E-state index >= 15 is 0 Å². The maximum Gasteiger partial charge on any atom is 0.333 e. The lowest BCUT2D eigenvalue weighted by Gasteiger charge is -2.47. The highest BCUT2D eigenvalue weighted by atomic mass is 32.2. The first kappa shape index (κ1) is 22.1. The van der Waals surface area contributed by atoms with E-state index in [1.165, 1.54) is 12.1 Å². The number of ether oxygens (including phenoxy) is 2. The molecule has 1 N–H and O–H groups in total. The molecule has 1 spiro atoms. The molecule has 168 valence electrons. The first-order valence-corrected chi connectivity index (χ1v) is 11.6. The average molecular weight is 456 g/mol. The molecule has 32 heavy (non-hydrogen) atoms. The van der Waals surface area contributed by atoms with Crippen LogP contribution in [0.2, 0.25) is 0 Å². The molecule has 0 bridgehead atoms. The molecule has 7 nitrogen and oxygen atoms in total. The van der Waals surface area contributed by atoms with E-state index in [-0.39, 0.29) is 11.5 Å². The minimum Gasteiger partial charge on any atom is -0.463 e. The van der Waals surface area contributed by atoms with E-state index in [2.05, 4.69) is 25.3 Å². The predicted octanol–water partition coefficient (Wildman–Crippen LogP) is 3.95. The summed E-state index contributed by atoms with van der Waals surface area (Å²) in [5.41, 5.74) is 1.50. The van der Waals surface area contributed by atoms with Gasteiger partial charge in [0.25, 0.3) is 10.1 Å². The summed E-state index contributed by atoms with van der Waals surface area (Å²) >= 11 is 0. The molecule has 0 fully saturated rings. The number of anilines is 1. The Balaban J connectivity index is 1.75. The Morgan fingerprint density at radius 2 is 1.94 bits per heavy atom. The molecule has 0 aliphatic carbocycles. The number of hydrogen-bond acceptors (Lipinski definition) is 6. The zero-order valence-electron chi connectivity index (χ0n) is 18.2. The van der Waals surface area contributed by atoms with E-state index in [9.17, 15) is 17.8 Å². The number of carbonyl (C=O) groups excluding carboxylic acids is 1. The summed E-state index contributed by atoms with van der Waals surface area (Å²) in [6, 6.07) is 12.2. The fourth-order valence-corrected chi connectivity index (χ4v) is 4.90. The maximum absolute atomic E-state index is 11.9. The van der Waals surface area contributed by atoms with Crippen LogP contribution in [0, 0.1) is 0 Å². The lowest BCUT2D eigenvalue weighted by atomic mass is 9.76. The average Bonchev–Trinajstić information content (AvgIpc) is 2.91. The lowest BCUT2D eigenvalue weighted by molar-refractivity contribution is -0.138. The third-order valence-electron chi connectivity index (χ3n) is 6.09. The van der Waals surface area contributed by atoms with Crippen molar-refractivity contribution in [3.8, 4) is 5.75 Å². The Labute approximate surface area is 187 Å². The van der Waals surface area contributed by atoms with Crippen LogP contribution in [0.1, 0.15) is 31.9 Å². The van der Waals surface area contributed by atoms with Gasteiger partial charge in [-0.3, -0.25) is 4.55 Å². The number of nitrogens with zero attached hydrogens (tertiary/aromatic N) is 1. The zero-order valence-corrected chi connectivity index (χ0v) is 19.0.